The standard InChI is InChI=1S/C16H18N4O3S3/c1-9(25-16-17-6-7-24-16)13(21)18-15-20-19-14(26-15)11-8-10(22-2)4-5-12(11)23-3/h4-5,8-9H,6-7H2,1-3H3,(H,18,20,21). The van der Waals surface area contributed by atoms with E-state index in [2.05, 4.69) is 20.5 Å². The third-order valence-electron chi connectivity index (χ3n) is 3.50. The van der Waals surface area contributed by atoms with Crippen LogP contribution < -0.4 is 14.8 Å². The number of nitrogens with zero attached hydrogens (tertiary/aromatic N) is 3. The fraction of sp³-hybridized carbons (Fsp3) is 0.375. The molecule has 3 rings (SSSR count). The maximum Gasteiger partial charge on any atom is 0.239 e. The first-order valence-electron chi connectivity index (χ1n) is 7.81. The molecule has 1 aliphatic heterocycles. The molecule has 7 nitrogen and oxygen atoms in total. The number of rotatable bonds is 6. The van der Waals surface area contributed by atoms with Gasteiger partial charge in [0.15, 0.2) is 5.01 Å². The molecule has 2 aromatic rings. The number of methoxy groups -OCH3 is 2. The van der Waals surface area contributed by atoms with Crippen molar-refractivity contribution >= 4 is 50.3 Å². The molecule has 0 spiro atoms. The number of aliphatic imine (C=N–C) groups is 1. The summed E-state index contributed by atoms with van der Waals surface area (Å²) in [5.74, 6) is 2.23. The van der Waals surface area contributed by atoms with E-state index in [0.717, 1.165) is 22.2 Å². The van der Waals surface area contributed by atoms with Gasteiger partial charge in [0.05, 0.1) is 31.6 Å². The highest BCUT2D eigenvalue weighted by atomic mass is 32.2. The van der Waals surface area contributed by atoms with E-state index >= 15 is 0 Å². The van der Waals surface area contributed by atoms with E-state index in [1.165, 1.54) is 23.1 Å². The van der Waals surface area contributed by atoms with Gasteiger partial charge in [-0.2, -0.15) is 0 Å². The van der Waals surface area contributed by atoms with E-state index in [-0.39, 0.29) is 11.2 Å². The lowest BCUT2D eigenvalue weighted by Crippen LogP contribution is -2.23. The molecule has 0 saturated carbocycles. The topological polar surface area (TPSA) is 85.7 Å². The summed E-state index contributed by atoms with van der Waals surface area (Å²) in [6.07, 6.45) is 0. The fourth-order valence-electron chi connectivity index (χ4n) is 2.16. The quantitative estimate of drug-likeness (QED) is 0.781. The van der Waals surface area contributed by atoms with Gasteiger partial charge < -0.3 is 9.47 Å². The Balaban J connectivity index is 1.70. The molecule has 1 aliphatic rings. The summed E-state index contributed by atoms with van der Waals surface area (Å²) in [4.78, 5) is 16.7. The van der Waals surface area contributed by atoms with Gasteiger partial charge in [0.1, 0.15) is 15.9 Å². The van der Waals surface area contributed by atoms with E-state index < -0.39 is 0 Å². The van der Waals surface area contributed by atoms with Crippen LogP contribution in [0.1, 0.15) is 6.92 Å². The van der Waals surface area contributed by atoms with Crippen LogP contribution in [0.5, 0.6) is 11.5 Å². The largest absolute Gasteiger partial charge is 0.497 e. The minimum atomic E-state index is -0.252. The lowest BCUT2D eigenvalue weighted by molar-refractivity contribution is -0.115. The normalized spacial score (nSPS) is 14.7. The van der Waals surface area contributed by atoms with Gasteiger partial charge in [0.25, 0.3) is 0 Å². The summed E-state index contributed by atoms with van der Waals surface area (Å²) < 4.78 is 11.6. The minimum absolute atomic E-state index is 0.120. The number of thioether (sulfide) groups is 2. The average Bonchev–Trinajstić information content (AvgIpc) is 3.33. The maximum atomic E-state index is 12.4. The molecule has 2 heterocycles. The Morgan fingerprint density at radius 2 is 2.15 bits per heavy atom. The lowest BCUT2D eigenvalue weighted by Gasteiger charge is -2.09. The van der Waals surface area contributed by atoms with Crippen molar-refractivity contribution in [2.24, 2.45) is 4.99 Å². The summed E-state index contributed by atoms with van der Waals surface area (Å²) >= 11 is 4.44. The molecule has 1 aromatic heterocycles. The zero-order chi connectivity index (χ0) is 18.5. The Labute approximate surface area is 164 Å². The van der Waals surface area contributed by atoms with Crippen LogP contribution in [0.25, 0.3) is 10.6 Å². The summed E-state index contributed by atoms with van der Waals surface area (Å²) in [7, 11) is 3.20. The Bertz CT molecular complexity index is 825. The highest BCUT2D eigenvalue weighted by molar-refractivity contribution is 8.39. The van der Waals surface area contributed by atoms with Crippen molar-refractivity contribution in [2.75, 3.05) is 31.8 Å². The number of hydrogen-bond acceptors (Lipinski definition) is 9. The second-order valence-electron chi connectivity index (χ2n) is 5.22. The number of amides is 1. The van der Waals surface area contributed by atoms with Crippen LogP contribution in [-0.2, 0) is 4.79 Å². The van der Waals surface area contributed by atoms with Crippen LogP contribution in [-0.4, -0.2) is 52.2 Å². The molecule has 0 bridgehead atoms. The number of hydrogen-bond donors (Lipinski definition) is 1. The van der Waals surface area contributed by atoms with Gasteiger partial charge in [-0.1, -0.05) is 34.9 Å². The van der Waals surface area contributed by atoms with E-state index in [1.807, 2.05) is 25.1 Å². The summed E-state index contributed by atoms with van der Waals surface area (Å²) in [6, 6.07) is 5.46. The van der Waals surface area contributed by atoms with Crippen molar-refractivity contribution in [2.45, 2.75) is 12.2 Å². The molecule has 0 radical (unpaired) electrons. The second kappa shape index (κ2) is 8.74. The van der Waals surface area contributed by atoms with E-state index in [9.17, 15) is 4.79 Å². The van der Waals surface area contributed by atoms with Crippen LogP contribution in [0.2, 0.25) is 0 Å². The molecule has 0 aliphatic carbocycles. The zero-order valence-corrected chi connectivity index (χ0v) is 17.0. The number of aromatic nitrogens is 2. The second-order valence-corrected chi connectivity index (χ2v) is 8.87. The maximum absolute atomic E-state index is 12.4. The van der Waals surface area contributed by atoms with Crippen molar-refractivity contribution in [3.63, 3.8) is 0 Å². The molecule has 10 heteroatoms. The molecule has 1 amide bonds. The third-order valence-corrected chi connectivity index (χ3v) is 6.67. The van der Waals surface area contributed by atoms with Crippen LogP contribution in [0, 0.1) is 0 Å². The first-order chi connectivity index (χ1) is 12.6. The van der Waals surface area contributed by atoms with Gasteiger partial charge in [0, 0.05) is 5.75 Å². The molecule has 0 fully saturated rings. The number of benzene rings is 1. The number of ether oxygens (including phenoxy) is 2. The summed E-state index contributed by atoms with van der Waals surface area (Å²) in [5, 5.41) is 11.9. The first-order valence-corrected chi connectivity index (χ1v) is 10.5. The van der Waals surface area contributed by atoms with Crippen molar-refractivity contribution in [1.29, 1.82) is 0 Å². The van der Waals surface area contributed by atoms with E-state index in [0.29, 0.717) is 21.6 Å². The van der Waals surface area contributed by atoms with Gasteiger partial charge in [-0.15, -0.1) is 10.2 Å². The van der Waals surface area contributed by atoms with Gasteiger partial charge >= 0.3 is 0 Å². The molecular weight excluding hydrogens is 392 g/mol. The predicted molar refractivity (Wildman–Crippen MR) is 109 cm³/mol. The van der Waals surface area contributed by atoms with Crippen LogP contribution in [0.3, 0.4) is 0 Å². The highest BCUT2D eigenvalue weighted by Gasteiger charge is 2.21. The van der Waals surface area contributed by atoms with Crippen molar-refractivity contribution in [3.05, 3.63) is 18.2 Å². The van der Waals surface area contributed by atoms with E-state index in [1.54, 1.807) is 26.0 Å². The van der Waals surface area contributed by atoms with Gasteiger partial charge in [-0.3, -0.25) is 15.1 Å². The zero-order valence-electron chi connectivity index (χ0n) is 14.5. The Morgan fingerprint density at radius 1 is 1.31 bits per heavy atom. The number of carbonyl (C=O) groups excluding carboxylic acids is 1. The Morgan fingerprint density at radius 3 is 2.85 bits per heavy atom. The highest BCUT2D eigenvalue weighted by Crippen LogP contribution is 2.36. The fourth-order valence-corrected chi connectivity index (χ4v) is 5.06. The first kappa shape index (κ1) is 19.0. The van der Waals surface area contributed by atoms with Crippen LogP contribution >= 0.6 is 34.9 Å². The van der Waals surface area contributed by atoms with Gasteiger partial charge in [-0.25, -0.2) is 0 Å². The van der Waals surface area contributed by atoms with Crippen molar-refractivity contribution in [3.8, 4) is 22.1 Å². The van der Waals surface area contributed by atoms with Crippen LogP contribution in [0.4, 0.5) is 5.13 Å². The third kappa shape index (κ3) is 4.49. The lowest BCUT2D eigenvalue weighted by atomic mass is 10.2. The van der Waals surface area contributed by atoms with Gasteiger partial charge in [0.2, 0.25) is 11.0 Å². The molecular formula is C16H18N4O3S3. The van der Waals surface area contributed by atoms with E-state index in [4.69, 9.17) is 9.47 Å². The summed E-state index contributed by atoms with van der Waals surface area (Å²) in [6.45, 7) is 2.68. The number of nitrogens with one attached hydrogen (secondary N) is 1. The molecule has 138 valence electrons. The van der Waals surface area contributed by atoms with Crippen molar-refractivity contribution < 1.29 is 14.3 Å². The van der Waals surface area contributed by atoms with Crippen LogP contribution in [0.15, 0.2) is 23.2 Å². The molecule has 1 aromatic carbocycles. The number of anilines is 1. The monoisotopic (exact) mass is 410 g/mol. The summed E-state index contributed by atoms with van der Waals surface area (Å²) in [5.41, 5.74) is 0.768. The minimum Gasteiger partial charge on any atom is -0.497 e. The van der Waals surface area contributed by atoms with Gasteiger partial charge in [-0.05, 0) is 25.1 Å². The SMILES string of the molecule is COc1ccc(OC)c(-c2nnc(NC(=O)C(C)SC3=NCCS3)s2)c1. The molecule has 26 heavy (non-hydrogen) atoms. The average molecular weight is 411 g/mol. The Hall–Kier alpha value is -1.78. The molecule has 1 unspecified atom stereocenters. The smallest absolute Gasteiger partial charge is 0.239 e. The molecule has 0 saturated heterocycles. The molecule has 1 atom stereocenters. The Kier molecular flexibility index (Phi) is 6.38. The molecule has 1 N–H and O–H groups in total. The number of carbonyl (C=O) groups is 1. The predicted octanol–water partition coefficient (Wildman–Crippen LogP) is 3.39. The van der Waals surface area contributed by atoms with Crippen molar-refractivity contribution in [1.82, 2.24) is 10.2 Å².